The van der Waals surface area contributed by atoms with Gasteiger partial charge in [-0.3, -0.25) is 9.59 Å². The quantitative estimate of drug-likeness (QED) is 0.704. The third kappa shape index (κ3) is 3.75. The number of aryl methyl sites for hydroxylation is 2. The van der Waals surface area contributed by atoms with Gasteiger partial charge in [0.15, 0.2) is 6.61 Å². The number of carbonyl (C=O) groups excluding carboxylic acids is 2. The Balaban J connectivity index is 1.52. The summed E-state index contributed by atoms with van der Waals surface area (Å²) in [5.74, 6) is 0.378. The Morgan fingerprint density at radius 1 is 1.25 bits per heavy atom. The Labute approximate surface area is 166 Å². The molecule has 0 radical (unpaired) electrons. The van der Waals surface area contributed by atoms with Crippen LogP contribution in [0, 0.1) is 13.8 Å². The number of benzene rings is 2. The number of fused-ring (bicyclic) bond motifs is 1. The molecule has 4 rings (SSSR count). The second-order valence-corrected chi connectivity index (χ2v) is 7.89. The summed E-state index contributed by atoms with van der Waals surface area (Å²) in [5, 5.41) is 6.49. The summed E-state index contributed by atoms with van der Waals surface area (Å²) in [6.45, 7) is 3.96. The lowest BCUT2D eigenvalue weighted by molar-refractivity contribution is -0.118. The number of hydrogen-bond acceptors (Lipinski definition) is 5. The highest BCUT2D eigenvalue weighted by Gasteiger charge is 2.19. The monoisotopic (exact) mass is 393 g/mol. The molecule has 0 fully saturated rings. The molecular weight excluding hydrogens is 374 g/mol. The molecule has 7 heteroatoms. The number of nitrogens with one attached hydrogen (secondary N) is 2. The Morgan fingerprint density at radius 3 is 2.89 bits per heavy atom. The number of carbonyl (C=O) groups is 2. The lowest BCUT2D eigenvalue weighted by Gasteiger charge is -2.18. The van der Waals surface area contributed by atoms with Gasteiger partial charge >= 0.3 is 0 Å². The summed E-state index contributed by atoms with van der Waals surface area (Å²) >= 11 is 1.50. The van der Waals surface area contributed by atoms with Crippen molar-refractivity contribution in [1.82, 2.24) is 4.98 Å². The van der Waals surface area contributed by atoms with Crippen LogP contribution < -0.4 is 15.4 Å². The van der Waals surface area contributed by atoms with Gasteiger partial charge in [0.2, 0.25) is 5.91 Å². The standard InChI is InChI=1S/C21H19N3O3S/c1-12-5-3-4-6-15(12)22-18(25)10-20-24-21(13(2)28-20)14-7-8-17-16(9-14)23-19(26)11-27-17/h3-9H,10-11H2,1-2H3,(H,22,25)(H,23,26). The van der Waals surface area contributed by atoms with E-state index >= 15 is 0 Å². The minimum atomic E-state index is -0.173. The van der Waals surface area contributed by atoms with Crippen molar-refractivity contribution >= 4 is 34.5 Å². The first-order valence-corrected chi connectivity index (χ1v) is 9.70. The van der Waals surface area contributed by atoms with Crippen molar-refractivity contribution in [3.63, 3.8) is 0 Å². The number of rotatable bonds is 4. The van der Waals surface area contributed by atoms with Gasteiger partial charge in [-0.2, -0.15) is 0 Å². The Morgan fingerprint density at radius 2 is 2.07 bits per heavy atom. The molecule has 0 bridgehead atoms. The van der Waals surface area contributed by atoms with Crippen molar-refractivity contribution in [2.45, 2.75) is 20.3 Å². The summed E-state index contributed by atoms with van der Waals surface area (Å²) in [4.78, 5) is 29.6. The van der Waals surface area contributed by atoms with Crippen LogP contribution in [0.4, 0.5) is 11.4 Å². The van der Waals surface area contributed by atoms with E-state index < -0.39 is 0 Å². The molecule has 1 aromatic heterocycles. The first kappa shape index (κ1) is 18.2. The fourth-order valence-electron chi connectivity index (χ4n) is 3.07. The molecule has 2 amide bonds. The summed E-state index contributed by atoms with van der Waals surface area (Å²) in [6.07, 6.45) is 0.213. The zero-order valence-electron chi connectivity index (χ0n) is 15.5. The molecule has 0 spiro atoms. The second kappa shape index (κ2) is 7.44. The van der Waals surface area contributed by atoms with Crippen molar-refractivity contribution in [2.75, 3.05) is 17.2 Å². The number of thiazole rings is 1. The minimum absolute atomic E-state index is 0.0300. The zero-order chi connectivity index (χ0) is 19.7. The average Bonchev–Trinajstić information content (AvgIpc) is 3.03. The molecule has 6 nitrogen and oxygen atoms in total. The van der Waals surface area contributed by atoms with Gasteiger partial charge < -0.3 is 15.4 Å². The first-order chi connectivity index (χ1) is 13.5. The highest BCUT2D eigenvalue weighted by molar-refractivity contribution is 7.12. The Kier molecular flexibility index (Phi) is 4.83. The van der Waals surface area contributed by atoms with Crippen LogP contribution in [-0.4, -0.2) is 23.4 Å². The molecule has 0 unspecified atom stereocenters. The van der Waals surface area contributed by atoms with Gasteiger partial charge in [-0.25, -0.2) is 4.98 Å². The van der Waals surface area contributed by atoms with Crippen LogP contribution in [0.2, 0.25) is 0 Å². The predicted molar refractivity (Wildman–Crippen MR) is 110 cm³/mol. The van der Waals surface area contributed by atoms with Crippen molar-refractivity contribution in [1.29, 1.82) is 0 Å². The molecule has 142 valence electrons. The molecule has 0 atom stereocenters. The third-order valence-corrected chi connectivity index (χ3v) is 5.43. The van der Waals surface area contributed by atoms with Crippen LogP contribution in [0.5, 0.6) is 5.75 Å². The Hall–Kier alpha value is -3.19. The molecule has 2 aromatic carbocycles. The van der Waals surface area contributed by atoms with Crippen LogP contribution in [0.3, 0.4) is 0 Å². The number of nitrogens with zero attached hydrogens (tertiary/aromatic N) is 1. The van der Waals surface area contributed by atoms with Gasteiger partial charge in [-0.05, 0) is 43.7 Å². The van der Waals surface area contributed by atoms with E-state index in [0.29, 0.717) is 11.4 Å². The van der Waals surface area contributed by atoms with E-state index in [2.05, 4.69) is 15.6 Å². The van der Waals surface area contributed by atoms with Crippen molar-refractivity contribution in [3.8, 4) is 17.0 Å². The lowest BCUT2D eigenvalue weighted by atomic mass is 10.1. The third-order valence-electron chi connectivity index (χ3n) is 4.46. The van der Waals surface area contributed by atoms with E-state index in [1.807, 2.05) is 56.3 Å². The van der Waals surface area contributed by atoms with Gasteiger partial charge in [0, 0.05) is 16.1 Å². The predicted octanol–water partition coefficient (Wildman–Crippen LogP) is 3.94. The topological polar surface area (TPSA) is 80.3 Å². The molecule has 0 saturated heterocycles. The van der Waals surface area contributed by atoms with Gasteiger partial charge in [0.25, 0.3) is 5.91 Å². The average molecular weight is 393 g/mol. The van der Waals surface area contributed by atoms with E-state index in [1.165, 1.54) is 11.3 Å². The van der Waals surface area contributed by atoms with Crippen LogP contribution in [0.1, 0.15) is 15.4 Å². The normalized spacial score (nSPS) is 12.7. The summed E-state index contributed by atoms with van der Waals surface area (Å²) in [7, 11) is 0. The minimum Gasteiger partial charge on any atom is -0.482 e. The van der Waals surface area contributed by atoms with Crippen LogP contribution in [-0.2, 0) is 16.0 Å². The van der Waals surface area contributed by atoms with Gasteiger partial charge in [-0.1, -0.05) is 18.2 Å². The van der Waals surface area contributed by atoms with E-state index in [0.717, 1.165) is 32.4 Å². The smallest absolute Gasteiger partial charge is 0.262 e. The summed E-state index contributed by atoms with van der Waals surface area (Å²) < 4.78 is 5.40. The molecule has 1 aliphatic heterocycles. The van der Waals surface area contributed by atoms with Crippen molar-refractivity contribution in [3.05, 3.63) is 57.9 Å². The van der Waals surface area contributed by atoms with Gasteiger partial charge in [0.1, 0.15) is 10.8 Å². The lowest BCUT2D eigenvalue weighted by Crippen LogP contribution is -2.25. The summed E-state index contributed by atoms with van der Waals surface area (Å²) in [5.41, 5.74) is 4.16. The Bertz CT molecular complexity index is 1070. The largest absolute Gasteiger partial charge is 0.482 e. The SMILES string of the molecule is Cc1ccccc1NC(=O)Cc1nc(-c2ccc3c(c2)NC(=O)CO3)c(C)s1. The number of anilines is 2. The zero-order valence-corrected chi connectivity index (χ0v) is 16.4. The second-order valence-electron chi connectivity index (χ2n) is 6.60. The van der Waals surface area contributed by atoms with E-state index in [-0.39, 0.29) is 24.8 Å². The van der Waals surface area contributed by atoms with Gasteiger partial charge in [-0.15, -0.1) is 11.3 Å². The molecule has 0 saturated carbocycles. The number of para-hydroxylation sites is 1. The maximum Gasteiger partial charge on any atom is 0.262 e. The molecule has 28 heavy (non-hydrogen) atoms. The molecule has 1 aliphatic rings. The fraction of sp³-hybridized carbons (Fsp3) is 0.190. The first-order valence-electron chi connectivity index (χ1n) is 8.88. The van der Waals surface area contributed by atoms with Crippen molar-refractivity contribution < 1.29 is 14.3 Å². The summed E-state index contributed by atoms with van der Waals surface area (Å²) in [6, 6.07) is 13.3. The maximum atomic E-state index is 12.4. The van der Waals surface area contributed by atoms with Gasteiger partial charge in [0.05, 0.1) is 17.8 Å². The number of hydrogen-bond donors (Lipinski definition) is 2. The van der Waals surface area contributed by atoms with Crippen LogP contribution in [0.25, 0.3) is 11.3 Å². The maximum absolute atomic E-state index is 12.4. The van der Waals surface area contributed by atoms with Crippen LogP contribution in [0.15, 0.2) is 42.5 Å². The van der Waals surface area contributed by atoms with E-state index in [4.69, 9.17) is 4.74 Å². The molecule has 2 heterocycles. The molecule has 2 N–H and O–H groups in total. The van der Waals surface area contributed by atoms with Crippen molar-refractivity contribution in [2.24, 2.45) is 0 Å². The van der Waals surface area contributed by atoms with E-state index in [9.17, 15) is 9.59 Å². The molecule has 0 aliphatic carbocycles. The highest BCUT2D eigenvalue weighted by Crippen LogP contribution is 2.35. The van der Waals surface area contributed by atoms with Crippen LogP contribution >= 0.6 is 11.3 Å². The highest BCUT2D eigenvalue weighted by atomic mass is 32.1. The number of amides is 2. The number of ether oxygens (including phenoxy) is 1. The molecule has 3 aromatic rings. The van der Waals surface area contributed by atoms with E-state index in [1.54, 1.807) is 0 Å². The molecular formula is C21H19N3O3S. The fourth-order valence-corrected chi connectivity index (χ4v) is 4.02. The number of aromatic nitrogens is 1.